The molecule has 3 heterocycles. The molecule has 1 atom stereocenters. The van der Waals surface area contributed by atoms with E-state index >= 15 is 0 Å². The third-order valence-corrected chi connectivity index (χ3v) is 6.28. The Balaban J connectivity index is 0.000000393. The first-order chi connectivity index (χ1) is 16.1. The van der Waals surface area contributed by atoms with Crippen LogP contribution in [0.5, 0.6) is 0 Å². The van der Waals surface area contributed by atoms with Crippen LogP contribution in [-0.2, 0) is 15.0 Å². The lowest BCUT2D eigenvalue weighted by molar-refractivity contribution is 0.0828. The molecule has 1 unspecified atom stereocenters. The number of oxime groups is 1. The summed E-state index contributed by atoms with van der Waals surface area (Å²) in [5.74, 6) is -0.466. The number of aromatic nitrogens is 1. The highest BCUT2D eigenvalue weighted by atomic mass is 35.5. The van der Waals surface area contributed by atoms with Crippen molar-refractivity contribution in [2.75, 3.05) is 27.2 Å². The number of pyridine rings is 1. The van der Waals surface area contributed by atoms with Gasteiger partial charge in [-0.15, -0.1) is 0 Å². The van der Waals surface area contributed by atoms with E-state index in [0.717, 1.165) is 36.1 Å². The van der Waals surface area contributed by atoms with Gasteiger partial charge in [0.15, 0.2) is 6.10 Å². The largest absolute Gasteiger partial charge is 0.384 e. The van der Waals surface area contributed by atoms with Crippen molar-refractivity contribution < 1.29 is 22.0 Å². The van der Waals surface area contributed by atoms with Crippen LogP contribution in [0.2, 0.25) is 5.02 Å². The zero-order valence-corrected chi connectivity index (χ0v) is 21.2. The summed E-state index contributed by atoms with van der Waals surface area (Å²) in [6, 6.07) is 5.27. The standard InChI is InChI=1S/C18H16ClF2N3O.C2H8N2O2S.C2H6/c19-11-8-12(17-13(20)4-3-5-14(17)21)18(22-10-11)15-9-16(23-25-15)24-6-1-2-7-24;1-4(2)7(3,5)6;1-2/h3-5,8,10,15H,1-2,6-7,9H2;1-2H3,(H2,3,5,6);1-2H3. The molecule has 4 rings (SSSR count). The Hall–Kier alpha value is -2.34. The van der Waals surface area contributed by atoms with Crippen LogP contribution < -0.4 is 5.14 Å². The average Bonchev–Trinajstić information content (AvgIpc) is 3.47. The van der Waals surface area contributed by atoms with E-state index in [1.54, 1.807) is 0 Å². The lowest BCUT2D eigenvalue weighted by Crippen LogP contribution is -2.29. The van der Waals surface area contributed by atoms with Crippen molar-refractivity contribution in [1.82, 2.24) is 14.2 Å². The second-order valence-electron chi connectivity index (χ2n) is 7.51. The van der Waals surface area contributed by atoms with Gasteiger partial charge in [0.2, 0.25) is 0 Å². The summed E-state index contributed by atoms with van der Waals surface area (Å²) in [5.41, 5.74) is 0.586. The fraction of sp³-hybridized carbons (Fsp3) is 0.455. The van der Waals surface area contributed by atoms with E-state index in [2.05, 4.69) is 20.2 Å². The van der Waals surface area contributed by atoms with Gasteiger partial charge in [-0.1, -0.05) is 36.7 Å². The van der Waals surface area contributed by atoms with Gasteiger partial charge in [-0.25, -0.2) is 13.9 Å². The van der Waals surface area contributed by atoms with Crippen LogP contribution in [0, 0.1) is 11.6 Å². The van der Waals surface area contributed by atoms with Crippen molar-refractivity contribution in [2.24, 2.45) is 10.3 Å². The third-order valence-electron chi connectivity index (χ3n) is 5.06. The number of rotatable bonds is 3. The monoisotopic (exact) mass is 517 g/mol. The minimum Gasteiger partial charge on any atom is -0.384 e. The minimum atomic E-state index is -3.41. The van der Waals surface area contributed by atoms with Gasteiger partial charge in [0.05, 0.1) is 22.7 Å². The third kappa shape index (κ3) is 7.08. The molecule has 2 N–H and O–H groups in total. The summed E-state index contributed by atoms with van der Waals surface area (Å²) in [5, 5.41) is 9.04. The summed E-state index contributed by atoms with van der Waals surface area (Å²) >= 11 is 6.03. The van der Waals surface area contributed by atoms with Crippen molar-refractivity contribution in [3.8, 4) is 11.1 Å². The first-order valence-electron chi connectivity index (χ1n) is 10.9. The molecule has 2 aliphatic rings. The Kier molecular flexibility index (Phi) is 10.2. The molecule has 0 aliphatic carbocycles. The Bertz CT molecular complexity index is 1090. The predicted molar refractivity (Wildman–Crippen MR) is 129 cm³/mol. The van der Waals surface area contributed by atoms with E-state index in [-0.39, 0.29) is 5.56 Å². The van der Waals surface area contributed by atoms with Crippen molar-refractivity contribution >= 4 is 27.6 Å². The lowest BCUT2D eigenvalue weighted by atomic mass is 9.98. The zero-order valence-electron chi connectivity index (χ0n) is 19.6. The second kappa shape index (κ2) is 12.4. The Labute approximate surface area is 204 Å². The van der Waals surface area contributed by atoms with Crippen LogP contribution in [0.3, 0.4) is 0 Å². The summed E-state index contributed by atoms with van der Waals surface area (Å²) in [4.78, 5) is 12.0. The van der Waals surface area contributed by atoms with Crippen LogP contribution in [0.15, 0.2) is 35.6 Å². The van der Waals surface area contributed by atoms with Crippen molar-refractivity contribution in [3.63, 3.8) is 0 Å². The predicted octanol–water partition coefficient (Wildman–Crippen LogP) is 4.33. The van der Waals surface area contributed by atoms with Gasteiger partial charge in [-0.3, -0.25) is 4.98 Å². The molecule has 8 nitrogen and oxygen atoms in total. The van der Waals surface area contributed by atoms with Gasteiger partial charge >= 0.3 is 0 Å². The van der Waals surface area contributed by atoms with E-state index in [1.165, 1.54) is 44.6 Å². The van der Waals surface area contributed by atoms with Gasteiger partial charge < -0.3 is 9.74 Å². The van der Waals surface area contributed by atoms with E-state index in [4.69, 9.17) is 16.4 Å². The molecule has 0 bridgehead atoms. The van der Waals surface area contributed by atoms with Crippen molar-refractivity contribution in [2.45, 2.75) is 39.2 Å². The number of hydrogen-bond acceptors (Lipinski definition) is 6. The van der Waals surface area contributed by atoms with Crippen molar-refractivity contribution in [3.05, 3.63) is 52.8 Å². The number of halogens is 3. The smallest absolute Gasteiger partial charge is 0.276 e. The molecule has 2 aromatic rings. The molecule has 0 spiro atoms. The number of nitrogens with zero attached hydrogens (tertiary/aromatic N) is 4. The first kappa shape index (κ1) is 27.9. The molecule has 34 heavy (non-hydrogen) atoms. The summed E-state index contributed by atoms with van der Waals surface area (Å²) in [7, 11) is -0.667. The van der Waals surface area contributed by atoms with Gasteiger partial charge in [-0.2, -0.15) is 12.7 Å². The highest BCUT2D eigenvalue weighted by Crippen LogP contribution is 2.37. The number of likely N-dealkylation sites (tertiary alicyclic amines) is 1. The van der Waals surface area contributed by atoms with Gasteiger partial charge in [0.1, 0.15) is 17.5 Å². The highest BCUT2D eigenvalue weighted by molar-refractivity contribution is 7.86. The normalized spacial score (nSPS) is 17.4. The van der Waals surface area contributed by atoms with Crippen LogP contribution in [0.4, 0.5) is 8.78 Å². The molecule has 2 aliphatic heterocycles. The van der Waals surface area contributed by atoms with Crippen LogP contribution in [0.25, 0.3) is 11.1 Å². The Morgan fingerprint density at radius 1 is 1.18 bits per heavy atom. The molecule has 1 aromatic carbocycles. The maximum Gasteiger partial charge on any atom is 0.276 e. The summed E-state index contributed by atoms with van der Waals surface area (Å²) < 4.78 is 49.5. The van der Waals surface area contributed by atoms with E-state index < -0.39 is 27.9 Å². The van der Waals surface area contributed by atoms with E-state index in [9.17, 15) is 17.2 Å². The van der Waals surface area contributed by atoms with Gasteiger partial charge in [0, 0.05) is 38.9 Å². The summed E-state index contributed by atoms with van der Waals surface area (Å²) in [6.45, 7) is 5.91. The van der Waals surface area contributed by atoms with Gasteiger partial charge in [0.25, 0.3) is 10.2 Å². The molecular formula is C22H30ClF2N5O3S. The second-order valence-corrected chi connectivity index (χ2v) is 9.71. The molecular weight excluding hydrogens is 488 g/mol. The maximum atomic E-state index is 14.3. The Morgan fingerprint density at radius 3 is 2.26 bits per heavy atom. The molecule has 0 radical (unpaired) electrons. The SMILES string of the molecule is CC.CN(C)S(N)(=O)=O.Fc1cccc(F)c1-c1cc(Cl)cnc1C1CC(N2CCCC2)=NO1. The van der Waals surface area contributed by atoms with E-state index in [0.29, 0.717) is 22.7 Å². The molecule has 12 heteroatoms. The highest BCUT2D eigenvalue weighted by Gasteiger charge is 2.32. The number of hydrogen-bond donors (Lipinski definition) is 1. The number of benzene rings is 1. The number of nitrogens with two attached hydrogens (primary N) is 1. The molecule has 188 valence electrons. The van der Waals surface area contributed by atoms with Crippen LogP contribution >= 0.6 is 11.6 Å². The molecule has 1 saturated heterocycles. The molecule has 0 saturated carbocycles. The lowest BCUT2D eigenvalue weighted by Gasteiger charge is -2.17. The van der Waals surface area contributed by atoms with E-state index in [1.807, 2.05) is 13.8 Å². The Morgan fingerprint density at radius 2 is 1.74 bits per heavy atom. The van der Waals surface area contributed by atoms with Crippen LogP contribution in [0.1, 0.15) is 44.9 Å². The van der Waals surface area contributed by atoms with Crippen LogP contribution in [-0.4, -0.2) is 55.6 Å². The molecule has 1 fully saturated rings. The molecule has 1 aromatic heterocycles. The van der Waals surface area contributed by atoms with Gasteiger partial charge in [-0.05, 0) is 31.0 Å². The fourth-order valence-electron chi connectivity index (χ4n) is 3.34. The topological polar surface area (TPSA) is 101 Å². The summed E-state index contributed by atoms with van der Waals surface area (Å²) in [6.07, 6.45) is 3.76. The zero-order chi connectivity index (χ0) is 25.5. The average molecular weight is 518 g/mol. The number of amidine groups is 1. The first-order valence-corrected chi connectivity index (χ1v) is 12.7. The minimum absolute atomic E-state index is 0.147. The fourth-order valence-corrected chi connectivity index (χ4v) is 3.49. The quantitative estimate of drug-likeness (QED) is 0.653. The van der Waals surface area contributed by atoms with Crippen molar-refractivity contribution in [1.29, 1.82) is 0 Å². The molecule has 0 amide bonds. The maximum absolute atomic E-state index is 14.3.